The van der Waals surface area contributed by atoms with E-state index < -0.39 is 10.0 Å². The molecule has 0 aliphatic carbocycles. The topological polar surface area (TPSA) is 121 Å². The summed E-state index contributed by atoms with van der Waals surface area (Å²) in [7, 11) is -3.22. The molecule has 10 heteroatoms. The highest BCUT2D eigenvalue weighted by molar-refractivity contribution is 7.88. The summed E-state index contributed by atoms with van der Waals surface area (Å²) in [6.07, 6.45) is 9.11. The zero-order valence-corrected chi connectivity index (χ0v) is 15.6. The van der Waals surface area contributed by atoms with Crippen LogP contribution in [0.4, 0.5) is 0 Å². The van der Waals surface area contributed by atoms with E-state index in [9.17, 15) is 13.7 Å². The van der Waals surface area contributed by atoms with Crippen LogP contribution in [0.25, 0.3) is 22.3 Å². The highest BCUT2D eigenvalue weighted by Gasteiger charge is 2.34. The number of aromatic amines is 1. The molecule has 2 atom stereocenters. The predicted octanol–water partition coefficient (Wildman–Crippen LogP) is 1.56. The van der Waals surface area contributed by atoms with Crippen LogP contribution in [0.5, 0.6) is 0 Å². The number of sulfonamides is 1. The Balaban J connectivity index is 1.64. The number of nitrogens with zero attached hydrogens (tertiary/aromatic N) is 6. The van der Waals surface area contributed by atoms with E-state index in [2.05, 4.69) is 26.1 Å². The number of nitrogens with one attached hydrogen (secondary N) is 1. The maximum atomic E-state index is 11.8. The third-order valence-electron chi connectivity index (χ3n) is 5.07. The van der Waals surface area contributed by atoms with Crippen LogP contribution in [0.1, 0.15) is 18.9 Å². The van der Waals surface area contributed by atoms with Crippen LogP contribution in [0, 0.1) is 17.2 Å². The van der Waals surface area contributed by atoms with Crippen molar-refractivity contribution in [3.8, 4) is 17.3 Å². The molecule has 3 aromatic rings. The molecule has 1 saturated heterocycles. The van der Waals surface area contributed by atoms with E-state index in [0.29, 0.717) is 19.5 Å². The number of H-pyrrole nitrogens is 1. The molecule has 0 radical (unpaired) electrons. The van der Waals surface area contributed by atoms with Crippen molar-refractivity contribution in [1.29, 1.82) is 5.26 Å². The average Bonchev–Trinajstić information content (AvgIpc) is 3.38. The molecule has 0 aromatic carbocycles. The number of fused-ring (bicyclic) bond motifs is 1. The fourth-order valence-electron chi connectivity index (χ4n) is 3.68. The number of hydrogen-bond donors (Lipinski definition) is 1. The lowest BCUT2D eigenvalue weighted by Crippen LogP contribution is -2.29. The van der Waals surface area contributed by atoms with E-state index in [1.54, 1.807) is 10.9 Å². The van der Waals surface area contributed by atoms with Crippen molar-refractivity contribution in [2.24, 2.45) is 5.92 Å². The number of nitriles is 1. The van der Waals surface area contributed by atoms with Gasteiger partial charge in [-0.3, -0.25) is 4.68 Å². The average molecular weight is 385 g/mol. The van der Waals surface area contributed by atoms with Crippen LogP contribution < -0.4 is 0 Å². The van der Waals surface area contributed by atoms with Gasteiger partial charge in [0.05, 0.1) is 36.7 Å². The molecule has 1 N–H and O–H groups in total. The Morgan fingerprint density at radius 2 is 2.30 bits per heavy atom. The maximum Gasteiger partial charge on any atom is 0.211 e. The molecular formula is C17H19N7O2S. The molecule has 0 amide bonds. The van der Waals surface area contributed by atoms with Gasteiger partial charge in [0.2, 0.25) is 10.0 Å². The highest BCUT2D eigenvalue weighted by atomic mass is 32.2. The van der Waals surface area contributed by atoms with Crippen molar-refractivity contribution in [3.63, 3.8) is 0 Å². The molecule has 27 heavy (non-hydrogen) atoms. The van der Waals surface area contributed by atoms with Gasteiger partial charge in [0.25, 0.3) is 0 Å². The summed E-state index contributed by atoms with van der Waals surface area (Å²) in [5.74, 6) is 0.0461. The first-order valence-electron chi connectivity index (χ1n) is 8.62. The van der Waals surface area contributed by atoms with Gasteiger partial charge in [-0.1, -0.05) is 0 Å². The summed E-state index contributed by atoms with van der Waals surface area (Å²) in [4.78, 5) is 11.6. The Morgan fingerprint density at radius 1 is 1.44 bits per heavy atom. The van der Waals surface area contributed by atoms with E-state index in [-0.39, 0.29) is 18.4 Å². The van der Waals surface area contributed by atoms with Gasteiger partial charge < -0.3 is 4.98 Å². The second-order valence-corrected chi connectivity index (χ2v) is 8.75. The zero-order valence-electron chi connectivity index (χ0n) is 14.8. The van der Waals surface area contributed by atoms with Crippen molar-refractivity contribution >= 4 is 21.1 Å². The lowest BCUT2D eigenvalue weighted by molar-refractivity contribution is 0.317. The van der Waals surface area contributed by atoms with Gasteiger partial charge in [0.15, 0.2) is 0 Å². The first-order valence-corrected chi connectivity index (χ1v) is 10.5. The molecule has 3 aromatic heterocycles. The van der Waals surface area contributed by atoms with Gasteiger partial charge in [-0.2, -0.15) is 10.4 Å². The Labute approximate surface area is 156 Å². The minimum atomic E-state index is -3.22. The predicted molar refractivity (Wildman–Crippen MR) is 98.9 cm³/mol. The third-order valence-corrected chi connectivity index (χ3v) is 6.34. The van der Waals surface area contributed by atoms with E-state index >= 15 is 0 Å². The second-order valence-electron chi connectivity index (χ2n) is 6.77. The molecule has 0 bridgehead atoms. The monoisotopic (exact) mass is 385 g/mol. The molecule has 9 nitrogen and oxygen atoms in total. The normalized spacial score (nSPS) is 19.3. The first kappa shape index (κ1) is 17.6. The SMILES string of the molecule is CS(=O)(=O)N1CCC(C(CC#N)n2cc(-c3ncnc4[nH]ccc34)cn2)C1. The van der Waals surface area contributed by atoms with E-state index in [1.807, 2.05) is 18.5 Å². The Kier molecular flexibility index (Phi) is 4.41. The van der Waals surface area contributed by atoms with Gasteiger partial charge in [0, 0.05) is 36.4 Å². The van der Waals surface area contributed by atoms with Crippen LogP contribution in [0.15, 0.2) is 31.0 Å². The van der Waals surface area contributed by atoms with Gasteiger partial charge in [0.1, 0.15) is 12.0 Å². The minimum Gasteiger partial charge on any atom is -0.346 e. The molecule has 0 spiro atoms. The summed E-state index contributed by atoms with van der Waals surface area (Å²) in [5.41, 5.74) is 2.36. The van der Waals surface area contributed by atoms with Crippen molar-refractivity contribution in [3.05, 3.63) is 31.0 Å². The summed E-state index contributed by atoms with van der Waals surface area (Å²) < 4.78 is 26.9. The quantitative estimate of drug-likeness (QED) is 0.711. The van der Waals surface area contributed by atoms with Crippen LogP contribution in [-0.4, -0.2) is 56.8 Å². The zero-order chi connectivity index (χ0) is 19.0. The molecule has 1 aliphatic heterocycles. The fourth-order valence-corrected chi connectivity index (χ4v) is 4.58. The van der Waals surface area contributed by atoms with Crippen molar-refractivity contribution in [1.82, 2.24) is 29.0 Å². The van der Waals surface area contributed by atoms with E-state index in [1.165, 1.54) is 16.9 Å². The van der Waals surface area contributed by atoms with Crippen LogP contribution in [0.2, 0.25) is 0 Å². The van der Waals surface area contributed by atoms with E-state index in [4.69, 9.17) is 0 Å². The summed E-state index contributed by atoms with van der Waals surface area (Å²) in [6, 6.07) is 3.94. The summed E-state index contributed by atoms with van der Waals surface area (Å²) in [6.45, 7) is 0.894. The van der Waals surface area contributed by atoms with Crippen molar-refractivity contribution < 1.29 is 8.42 Å². The molecule has 1 fully saturated rings. The molecule has 4 rings (SSSR count). The number of hydrogen-bond acceptors (Lipinski definition) is 6. The smallest absolute Gasteiger partial charge is 0.211 e. The standard InChI is InChI=1S/C17H19N7O2S/c1-27(25,26)23-7-4-12(9-23)15(2-5-18)24-10-13(8-22-24)16-14-3-6-19-17(14)21-11-20-16/h3,6,8,10-12,15H,2,4,7,9H2,1H3,(H,19,20,21). The molecule has 2 unspecified atom stereocenters. The van der Waals surface area contributed by atoms with Crippen molar-refractivity contribution in [2.75, 3.05) is 19.3 Å². The Morgan fingerprint density at radius 3 is 3.04 bits per heavy atom. The van der Waals surface area contributed by atoms with E-state index in [0.717, 1.165) is 22.3 Å². The molecule has 140 valence electrons. The number of rotatable bonds is 5. The number of aromatic nitrogens is 5. The highest BCUT2D eigenvalue weighted by Crippen LogP contribution is 2.33. The van der Waals surface area contributed by atoms with Crippen LogP contribution in [-0.2, 0) is 10.0 Å². The second kappa shape index (κ2) is 6.75. The maximum absolute atomic E-state index is 11.8. The van der Waals surface area contributed by atoms with Gasteiger partial charge >= 0.3 is 0 Å². The lowest BCUT2D eigenvalue weighted by Gasteiger charge is -2.21. The minimum absolute atomic E-state index is 0.0461. The van der Waals surface area contributed by atoms with Gasteiger partial charge in [-0.05, 0) is 18.4 Å². The van der Waals surface area contributed by atoms with Crippen molar-refractivity contribution in [2.45, 2.75) is 18.9 Å². The molecule has 4 heterocycles. The Hall–Kier alpha value is -2.77. The molecular weight excluding hydrogens is 366 g/mol. The first-order chi connectivity index (χ1) is 13.0. The van der Waals surface area contributed by atoms with Crippen LogP contribution in [0.3, 0.4) is 0 Å². The Bertz CT molecular complexity index is 1110. The lowest BCUT2D eigenvalue weighted by atomic mass is 9.97. The fraction of sp³-hybridized carbons (Fsp3) is 0.412. The summed E-state index contributed by atoms with van der Waals surface area (Å²) >= 11 is 0. The largest absolute Gasteiger partial charge is 0.346 e. The van der Waals surface area contributed by atoms with Crippen LogP contribution >= 0.6 is 0 Å². The van der Waals surface area contributed by atoms with Gasteiger partial charge in [-0.25, -0.2) is 22.7 Å². The molecule has 0 saturated carbocycles. The van der Waals surface area contributed by atoms with Gasteiger partial charge in [-0.15, -0.1) is 0 Å². The third kappa shape index (κ3) is 3.31. The molecule has 1 aliphatic rings. The summed E-state index contributed by atoms with van der Waals surface area (Å²) in [5, 5.41) is 14.6.